The minimum absolute atomic E-state index is 0.533. The molecule has 0 atom stereocenters. The van der Waals surface area contributed by atoms with Gasteiger partial charge in [0.15, 0.2) is 5.82 Å². The van der Waals surface area contributed by atoms with Crippen molar-refractivity contribution in [2.24, 2.45) is 0 Å². The highest BCUT2D eigenvalue weighted by atomic mass is 16.5. The van der Waals surface area contributed by atoms with Gasteiger partial charge in [-0.1, -0.05) is 18.2 Å². The number of para-hydroxylation sites is 1. The maximum atomic E-state index is 5.92. The summed E-state index contributed by atoms with van der Waals surface area (Å²) in [5.41, 5.74) is 2.05. The van der Waals surface area contributed by atoms with E-state index in [1.54, 1.807) is 0 Å². The van der Waals surface area contributed by atoms with Crippen LogP contribution in [0.25, 0.3) is 22.4 Å². The Kier molecular flexibility index (Phi) is 5.56. The van der Waals surface area contributed by atoms with Crippen LogP contribution in [-0.2, 0) is 0 Å². The average molecular weight is 439 g/mol. The summed E-state index contributed by atoms with van der Waals surface area (Å²) in [7, 11) is 0. The quantitative estimate of drug-likeness (QED) is 0.358. The van der Waals surface area contributed by atoms with Gasteiger partial charge < -0.3 is 14.2 Å². The molecule has 4 aromatic rings. The molecule has 0 spiro atoms. The van der Waals surface area contributed by atoms with Gasteiger partial charge in [-0.05, 0) is 94.1 Å². The number of rotatable bonds is 5. The van der Waals surface area contributed by atoms with E-state index < -0.39 is 0 Å². The molecule has 1 saturated heterocycles. The van der Waals surface area contributed by atoms with Crippen molar-refractivity contribution in [3.8, 4) is 22.9 Å². The number of ether oxygens (including phenoxy) is 1. The van der Waals surface area contributed by atoms with Crippen LogP contribution < -0.4 is 4.74 Å². The van der Waals surface area contributed by atoms with Gasteiger partial charge in [-0.2, -0.15) is 0 Å². The molecular weight excluding hydrogens is 408 g/mol. The highest BCUT2D eigenvalue weighted by molar-refractivity contribution is 5.77. The number of likely N-dealkylation sites (tertiary alicyclic amines) is 1. The van der Waals surface area contributed by atoms with E-state index in [2.05, 4.69) is 26.7 Å². The van der Waals surface area contributed by atoms with Crippen molar-refractivity contribution in [1.29, 1.82) is 0 Å². The summed E-state index contributed by atoms with van der Waals surface area (Å²) in [5.74, 6) is 2.41. The zero-order valence-electron chi connectivity index (χ0n) is 18.9. The average Bonchev–Trinajstić information content (AvgIpc) is 3.56. The lowest BCUT2D eigenvalue weighted by Gasteiger charge is -2.35. The second-order valence-corrected chi connectivity index (χ2v) is 9.34. The first-order valence-electron chi connectivity index (χ1n) is 12.2. The highest BCUT2D eigenvalue weighted by Gasteiger charge is 2.28. The number of hydrogen-bond acceptors (Lipinski definition) is 4. The molecular formula is C28H30N4O. The molecule has 5 nitrogen and oxygen atoms in total. The molecule has 1 saturated carbocycles. The summed E-state index contributed by atoms with van der Waals surface area (Å²) in [5, 5.41) is 1.12. The van der Waals surface area contributed by atoms with Crippen LogP contribution in [0.2, 0.25) is 0 Å². The van der Waals surface area contributed by atoms with Crippen molar-refractivity contribution in [3.05, 3.63) is 73.1 Å². The van der Waals surface area contributed by atoms with Crippen molar-refractivity contribution in [2.75, 3.05) is 13.1 Å². The van der Waals surface area contributed by atoms with E-state index in [1.165, 1.54) is 51.6 Å². The molecule has 0 bridgehead atoms. The fraction of sp³-hybridized carbons (Fsp3) is 0.357. The van der Waals surface area contributed by atoms with Crippen molar-refractivity contribution in [3.63, 3.8) is 0 Å². The van der Waals surface area contributed by atoms with E-state index in [0.29, 0.717) is 6.04 Å². The van der Waals surface area contributed by atoms with Gasteiger partial charge in [0, 0.05) is 35.4 Å². The normalized spacial score (nSPS) is 21.5. The predicted molar refractivity (Wildman–Crippen MR) is 132 cm³/mol. The zero-order valence-corrected chi connectivity index (χ0v) is 18.9. The van der Waals surface area contributed by atoms with E-state index >= 15 is 0 Å². The predicted octanol–water partition coefficient (Wildman–Crippen LogP) is 6.47. The van der Waals surface area contributed by atoms with Gasteiger partial charge in [0.1, 0.15) is 17.1 Å². The molecule has 0 amide bonds. The fourth-order valence-corrected chi connectivity index (χ4v) is 5.48. The van der Waals surface area contributed by atoms with Crippen LogP contribution >= 0.6 is 0 Å². The standard InChI is InChI=1S/C28H30N4O/c1-2-6-25(7-3-1)33-26-14-8-21(9-15-26)27-29-20-22-16-19-32(28(22)30-27)24-12-10-23(11-13-24)31-17-4-5-18-31/h1-3,6-9,14-16,19-20,23-24H,4-5,10-13,17-18H2. The smallest absolute Gasteiger partial charge is 0.161 e. The van der Waals surface area contributed by atoms with Crippen LogP contribution in [0.1, 0.15) is 44.6 Å². The first kappa shape index (κ1) is 20.4. The largest absolute Gasteiger partial charge is 0.457 e. The van der Waals surface area contributed by atoms with Crippen molar-refractivity contribution in [2.45, 2.75) is 50.6 Å². The molecule has 0 N–H and O–H groups in total. The van der Waals surface area contributed by atoms with Crippen LogP contribution in [0.5, 0.6) is 11.5 Å². The summed E-state index contributed by atoms with van der Waals surface area (Å²) < 4.78 is 8.32. The minimum atomic E-state index is 0.533. The van der Waals surface area contributed by atoms with Gasteiger partial charge in [-0.25, -0.2) is 9.97 Å². The second-order valence-electron chi connectivity index (χ2n) is 9.34. The molecule has 5 heteroatoms. The van der Waals surface area contributed by atoms with E-state index in [4.69, 9.17) is 9.72 Å². The zero-order chi connectivity index (χ0) is 22.0. The van der Waals surface area contributed by atoms with Crippen molar-refractivity contribution >= 4 is 11.0 Å². The lowest BCUT2D eigenvalue weighted by Crippen LogP contribution is -2.36. The van der Waals surface area contributed by atoms with Crippen LogP contribution in [-0.4, -0.2) is 38.6 Å². The lowest BCUT2D eigenvalue weighted by atomic mass is 9.90. The van der Waals surface area contributed by atoms with Gasteiger partial charge in [-0.3, -0.25) is 0 Å². The summed E-state index contributed by atoms with van der Waals surface area (Å²) in [4.78, 5) is 12.4. The summed E-state index contributed by atoms with van der Waals surface area (Å²) in [6, 6.07) is 21.3. The molecule has 1 aliphatic carbocycles. The molecule has 0 unspecified atom stereocenters. The summed E-state index contributed by atoms with van der Waals surface area (Å²) >= 11 is 0. The molecule has 168 valence electrons. The van der Waals surface area contributed by atoms with Gasteiger partial charge in [0.25, 0.3) is 0 Å². The van der Waals surface area contributed by atoms with Crippen LogP contribution in [0.3, 0.4) is 0 Å². The van der Waals surface area contributed by atoms with Crippen LogP contribution in [0.15, 0.2) is 73.1 Å². The van der Waals surface area contributed by atoms with Gasteiger partial charge in [0.2, 0.25) is 0 Å². The first-order valence-corrected chi connectivity index (χ1v) is 12.2. The first-order chi connectivity index (χ1) is 16.3. The molecule has 6 rings (SSSR count). The van der Waals surface area contributed by atoms with E-state index in [0.717, 1.165) is 40.0 Å². The Hall–Kier alpha value is -3.18. The van der Waals surface area contributed by atoms with Crippen molar-refractivity contribution in [1.82, 2.24) is 19.4 Å². The maximum absolute atomic E-state index is 5.92. The van der Waals surface area contributed by atoms with E-state index in [1.807, 2.05) is 60.8 Å². The van der Waals surface area contributed by atoms with Gasteiger partial charge in [0.05, 0.1) is 0 Å². The van der Waals surface area contributed by atoms with E-state index in [9.17, 15) is 0 Å². The third-order valence-electron chi connectivity index (χ3n) is 7.26. The lowest BCUT2D eigenvalue weighted by molar-refractivity contribution is 0.167. The third kappa shape index (κ3) is 4.25. The number of aromatic nitrogens is 3. The van der Waals surface area contributed by atoms with Gasteiger partial charge >= 0.3 is 0 Å². The minimum Gasteiger partial charge on any atom is -0.457 e. The molecule has 0 radical (unpaired) electrons. The Bertz CT molecular complexity index is 1200. The molecule has 2 fully saturated rings. The Morgan fingerprint density at radius 2 is 1.45 bits per heavy atom. The van der Waals surface area contributed by atoms with Crippen LogP contribution in [0, 0.1) is 0 Å². The van der Waals surface area contributed by atoms with E-state index in [-0.39, 0.29) is 0 Å². The highest BCUT2D eigenvalue weighted by Crippen LogP contribution is 2.35. The number of hydrogen-bond donors (Lipinski definition) is 0. The second kappa shape index (κ2) is 8.99. The Labute approximate surface area is 195 Å². The topological polar surface area (TPSA) is 43.2 Å². The number of fused-ring (bicyclic) bond motifs is 1. The Morgan fingerprint density at radius 1 is 0.758 bits per heavy atom. The Balaban J connectivity index is 1.19. The molecule has 3 heterocycles. The molecule has 1 aliphatic heterocycles. The molecule has 2 aromatic heterocycles. The summed E-state index contributed by atoms with van der Waals surface area (Å²) in [6.45, 7) is 2.60. The molecule has 2 aromatic carbocycles. The summed E-state index contributed by atoms with van der Waals surface area (Å²) in [6.07, 6.45) is 12.0. The maximum Gasteiger partial charge on any atom is 0.161 e. The molecule has 33 heavy (non-hydrogen) atoms. The van der Waals surface area contributed by atoms with Crippen LogP contribution in [0.4, 0.5) is 0 Å². The molecule has 2 aliphatic rings. The third-order valence-corrected chi connectivity index (χ3v) is 7.26. The van der Waals surface area contributed by atoms with Gasteiger partial charge in [-0.15, -0.1) is 0 Å². The monoisotopic (exact) mass is 438 g/mol. The SMILES string of the molecule is c1ccc(Oc2ccc(-c3ncc4ccn(C5CCC(N6CCCC6)CC5)c4n3)cc2)cc1. The van der Waals surface area contributed by atoms with Crippen molar-refractivity contribution < 1.29 is 4.74 Å². The number of benzene rings is 2. The Morgan fingerprint density at radius 3 is 2.21 bits per heavy atom. The fourth-order valence-electron chi connectivity index (χ4n) is 5.48. The number of nitrogens with zero attached hydrogens (tertiary/aromatic N) is 4.